The quantitative estimate of drug-likeness (QED) is 0.480. The number of nitrogens with zero attached hydrogens (tertiary/aromatic N) is 4. The molecule has 34 heavy (non-hydrogen) atoms. The highest BCUT2D eigenvalue weighted by molar-refractivity contribution is 6.74. The van der Waals surface area contributed by atoms with Crippen LogP contribution < -0.4 is 10.2 Å². The van der Waals surface area contributed by atoms with Gasteiger partial charge in [0.25, 0.3) is 0 Å². The van der Waals surface area contributed by atoms with Gasteiger partial charge >= 0.3 is 6.09 Å². The lowest BCUT2D eigenvalue weighted by Gasteiger charge is -2.36. The van der Waals surface area contributed by atoms with Crippen LogP contribution >= 0.6 is 0 Å². The maximum Gasteiger partial charge on any atom is 0.410 e. The van der Waals surface area contributed by atoms with Crippen LogP contribution in [0.15, 0.2) is 6.20 Å². The summed E-state index contributed by atoms with van der Waals surface area (Å²) < 4.78 is 13.8. The molecule has 0 aromatic carbocycles. The van der Waals surface area contributed by atoms with Crippen molar-refractivity contribution in [2.24, 2.45) is 0 Å². The summed E-state index contributed by atoms with van der Waals surface area (Å²) in [7, 11) is -1.78. The molecule has 0 spiro atoms. The average Bonchev–Trinajstić information content (AvgIpc) is 3.24. The number of ether oxygens (including phenoxy) is 1. The number of anilines is 1. The van der Waals surface area contributed by atoms with E-state index in [9.17, 15) is 9.59 Å². The molecule has 1 unspecified atom stereocenters. The smallest absolute Gasteiger partial charge is 0.410 e. The molecule has 2 atom stereocenters. The Morgan fingerprint density at radius 1 is 1.21 bits per heavy atom. The molecule has 0 radical (unpaired) electrons. The third-order valence-electron chi connectivity index (χ3n) is 7.06. The van der Waals surface area contributed by atoms with E-state index >= 15 is 0 Å². The second-order valence-electron chi connectivity index (χ2n) is 12.1. The van der Waals surface area contributed by atoms with Gasteiger partial charge in [0.2, 0.25) is 5.91 Å². The number of fused-ring (bicyclic) bond motifs is 1. The number of nitrogens with one attached hydrogen (secondary N) is 1. The van der Waals surface area contributed by atoms with Gasteiger partial charge in [-0.3, -0.25) is 14.4 Å². The summed E-state index contributed by atoms with van der Waals surface area (Å²) in [5, 5.41) is 8.18. The third-order valence-corrected chi connectivity index (χ3v) is 11.6. The first-order valence-corrected chi connectivity index (χ1v) is 15.2. The molecule has 1 aromatic rings. The Bertz CT molecular complexity index is 902. The predicted octanol–water partition coefficient (Wildman–Crippen LogP) is 3.74. The number of amides is 2. The van der Waals surface area contributed by atoms with Crippen LogP contribution in [0.25, 0.3) is 0 Å². The van der Waals surface area contributed by atoms with E-state index in [0.29, 0.717) is 39.2 Å². The highest BCUT2D eigenvalue weighted by Gasteiger charge is 2.38. The fraction of sp³-hybridized carbons (Fsp3) is 0.792. The van der Waals surface area contributed by atoms with Gasteiger partial charge in [-0.05, 0) is 45.8 Å². The monoisotopic (exact) mass is 493 g/mol. The molecular formula is C24H43N5O4Si. The second-order valence-corrected chi connectivity index (χ2v) is 16.9. The Hall–Kier alpha value is -1.91. The molecule has 1 N–H and O–H groups in total. The van der Waals surface area contributed by atoms with Gasteiger partial charge in [0.1, 0.15) is 5.60 Å². The number of hydrogen-bond acceptors (Lipinski definition) is 6. The minimum atomic E-state index is -1.78. The molecule has 9 nitrogen and oxygen atoms in total. The van der Waals surface area contributed by atoms with Crippen molar-refractivity contribution in [2.45, 2.75) is 104 Å². The summed E-state index contributed by atoms with van der Waals surface area (Å²) in [4.78, 5) is 29.2. The minimum Gasteiger partial charge on any atom is -0.444 e. The zero-order valence-electron chi connectivity index (χ0n) is 22.4. The molecule has 0 aliphatic carbocycles. The van der Waals surface area contributed by atoms with Crippen LogP contribution in [0.1, 0.15) is 60.6 Å². The molecular weight excluding hydrogens is 450 g/mol. The molecule has 2 amide bonds. The molecule has 3 rings (SSSR count). The van der Waals surface area contributed by atoms with Gasteiger partial charge in [0, 0.05) is 32.2 Å². The minimum absolute atomic E-state index is 0.0419. The lowest BCUT2D eigenvalue weighted by atomic mass is 10.2. The van der Waals surface area contributed by atoms with Crippen LogP contribution in [0, 0.1) is 0 Å². The summed E-state index contributed by atoms with van der Waals surface area (Å²) >= 11 is 0. The summed E-state index contributed by atoms with van der Waals surface area (Å²) in [6.07, 6.45) is 1.85. The van der Waals surface area contributed by atoms with Gasteiger partial charge in [-0.2, -0.15) is 5.10 Å². The first kappa shape index (κ1) is 26.7. The van der Waals surface area contributed by atoms with Gasteiger partial charge in [0.15, 0.2) is 8.32 Å². The third kappa shape index (κ3) is 6.01. The molecule has 3 heterocycles. The predicted molar refractivity (Wildman–Crippen MR) is 135 cm³/mol. The van der Waals surface area contributed by atoms with Crippen LogP contribution in [0.4, 0.5) is 10.5 Å². The molecule has 0 bridgehead atoms. The highest BCUT2D eigenvalue weighted by Crippen LogP contribution is 2.36. The van der Waals surface area contributed by atoms with E-state index in [1.54, 1.807) is 16.0 Å². The number of carbonyl (C=O) groups excluding carboxylic acids is 2. The van der Waals surface area contributed by atoms with E-state index in [1.807, 2.05) is 32.4 Å². The summed E-state index contributed by atoms with van der Waals surface area (Å²) in [6, 6.07) is 0.0234. The summed E-state index contributed by atoms with van der Waals surface area (Å²) in [5.74, 6) is 0.0704. The van der Waals surface area contributed by atoms with Crippen molar-refractivity contribution in [3.8, 4) is 0 Å². The van der Waals surface area contributed by atoms with Crippen LogP contribution in [-0.4, -0.2) is 72.4 Å². The Morgan fingerprint density at radius 2 is 1.88 bits per heavy atom. The zero-order chi connectivity index (χ0) is 25.5. The number of hydrogen-bond donors (Lipinski definition) is 1. The first-order valence-electron chi connectivity index (χ1n) is 12.3. The largest absolute Gasteiger partial charge is 0.444 e. The van der Waals surface area contributed by atoms with Gasteiger partial charge < -0.3 is 19.4 Å². The Balaban J connectivity index is 1.61. The van der Waals surface area contributed by atoms with Crippen molar-refractivity contribution >= 4 is 26.0 Å². The fourth-order valence-corrected chi connectivity index (χ4v) is 5.09. The number of aromatic nitrogens is 2. The lowest BCUT2D eigenvalue weighted by molar-refractivity contribution is -0.117. The SMILES string of the molecule is C[C@H]1Cn2ncc(N3CC(NCCO[Si](C)(C)C(C)(C)C)CC3=O)c2CN1C(=O)OC(C)(C)C. The molecule has 2 aliphatic rings. The van der Waals surface area contributed by atoms with Crippen LogP contribution in [0.3, 0.4) is 0 Å². The van der Waals surface area contributed by atoms with Crippen molar-refractivity contribution < 1.29 is 18.8 Å². The van der Waals surface area contributed by atoms with E-state index in [1.165, 1.54) is 0 Å². The van der Waals surface area contributed by atoms with Crippen LogP contribution in [0.2, 0.25) is 18.1 Å². The summed E-state index contributed by atoms with van der Waals surface area (Å²) in [6.45, 7) is 21.7. The molecule has 1 aromatic heterocycles. The van der Waals surface area contributed by atoms with Crippen molar-refractivity contribution in [3.63, 3.8) is 0 Å². The van der Waals surface area contributed by atoms with Crippen molar-refractivity contribution in [2.75, 3.05) is 24.6 Å². The maximum atomic E-state index is 12.9. The van der Waals surface area contributed by atoms with Crippen molar-refractivity contribution in [3.05, 3.63) is 11.9 Å². The molecule has 1 saturated heterocycles. The van der Waals surface area contributed by atoms with Gasteiger partial charge in [-0.15, -0.1) is 0 Å². The molecule has 0 saturated carbocycles. The first-order chi connectivity index (χ1) is 15.6. The van der Waals surface area contributed by atoms with Gasteiger partial charge in [0.05, 0.1) is 36.7 Å². The normalized spacial score (nSPS) is 21.7. The van der Waals surface area contributed by atoms with Crippen LogP contribution in [-0.2, 0) is 27.0 Å². The lowest BCUT2D eigenvalue weighted by Crippen LogP contribution is -2.47. The molecule has 1 fully saturated rings. The molecule has 2 aliphatic heterocycles. The number of rotatable bonds is 6. The maximum absolute atomic E-state index is 12.9. The topological polar surface area (TPSA) is 88.9 Å². The average molecular weight is 494 g/mol. The molecule has 192 valence electrons. The van der Waals surface area contributed by atoms with E-state index < -0.39 is 13.9 Å². The van der Waals surface area contributed by atoms with E-state index in [-0.39, 0.29) is 29.1 Å². The highest BCUT2D eigenvalue weighted by atomic mass is 28.4. The second kappa shape index (κ2) is 9.62. The van der Waals surface area contributed by atoms with E-state index in [2.05, 4.69) is 44.3 Å². The molecule has 10 heteroatoms. The van der Waals surface area contributed by atoms with E-state index in [0.717, 1.165) is 11.4 Å². The summed E-state index contributed by atoms with van der Waals surface area (Å²) in [5.41, 5.74) is 1.10. The Labute approximate surface area is 205 Å². The fourth-order valence-electron chi connectivity index (χ4n) is 4.04. The van der Waals surface area contributed by atoms with E-state index in [4.69, 9.17) is 9.16 Å². The van der Waals surface area contributed by atoms with Gasteiger partial charge in [-0.25, -0.2) is 4.79 Å². The van der Waals surface area contributed by atoms with Crippen molar-refractivity contribution in [1.82, 2.24) is 20.0 Å². The van der Waals surface area contributed by atoms with Crippen LogP contribution in [0.5, 0.6) is 0 Å². The standard InChI is InChI=1S/C24H43N5O4Si/c1-17-14-29-20(16-27(17)22(31)33-23(2,3)4)19(13-26-29)28-15-18(12-21(28)30)25-10-11-32-34(8,9)24(5,6)7/h13,17-18,25H,10-12,14-16H2,1-9H3/t17-,18?/m0/s1. The zero-order valence-corrected chi connectivity index (χ0v) is 23.4. The van der Waals surface area contributed by atoms with Crippen molar-refractivity contribution in [1.29, 1.82) is 0 Å². The van der Waals surface area contributed by atoms with Gasteiger partial charge in [-0.1, -0.05) is 20.8 Å². The Morgan fingerprint density at radius 3 is 2.50 bits per heavy atom. The number of carbonyl (C=O) groups is 2. The Kier molecular flexibility index (Phi) is 7.55.